The van der Waals surface area contributed by atoms with Crippen LogP contribution >= 0.6 is 0 Å². The van der Waals surface area contributed by atoms with E-state index in [1.54, 1.807) is 7.11 Å². The number of rotatable bonds is 6. The zero-order chi connectivity index (χ0) is 9.56. The molecule has 3 atom stereocenters. The van der Waals surface area contributed by atoms with E-state index < -0.39 is 6.10 Å². The first kappa shape index (κ1) is 11.9. The summed E-state index contributed by atoms with van der Waals surface area (Å²) in [6, 6.07) is 0. The van der Waals surface area contributed by atoms with Crippen LogP contribution in [0.4, 0.5) is 0 Å². The van der Waals surface area contributed by atoms with Gasteiger partial charge in [0, 0.05) is 13.7 Å². The SMILES string of the molecule is CO[C@H](C)CC(C)[C@H](O)CCO. The van der Waals surface area contributed by atoms with E-state index in [0.29, 0.717) is 6.42 Å². The molecule has 0 saturated heterocycles. The number of ether oxygens (including phenoxy) is 1. The molecule has 0 heterocycles. The third-order valence-corrected chi connectivity index (χ3v) is 2.19. The van der Waals surface area contributed by atoms with Gasteiger partial charge in [0.2, 0.25) is 0 Å². The van der Waals surface area contributed by atoms with Crippen molar-refractivity contribution in [3.05, 3.63) is 0 Å². The molecule has 12 heavy (non-hydrogen) atoms. The quantitative estimate of drug-likeness (QED) is 0.629. The number of aliphatic hydroxyl groups excluding tert-OH is 2. The van der Waals surface area contributed by atoms with Gasteiger partial charge < -0.3 is 14.9 Å². The third-order valence-electron chi connectivity index (χ3n) is 2.19. The first-order valence-corrected chi connectivity index (χ1v) is 4.43. The van der Waals surface area contributed by atoms with Gasteiger partial charge in [-0.05, 0) is 25.7 Å². The first-order valence-electron chi connectivity index (χ1n) is 4.43. The lowest BCUT2D eigenvalue weighted by molar-refractivity contribution is 0.0400. The molecule has 0 aliphatic heterocycles. The Labute approximate surface area is 74.4 Å². The Bertz CT molecular complexity index is 106. The van der Waals surface area contributed by atoms with Gasteiger partial charge in [-0.25, -0.2) is 0 Å². The maximum absolute atomic E-state index is 9.45. The molecule has 0 saturated carbocycles. The second kappa shape index (κ2) is 6.40. The van der Waals surface area contributed by atoms with Gasteiger partial charge in [-0.15, -0.1) is 0 Å². The van der Waals surface area contributed by atoms with Crippen molar-refractivity contribution < 1.29 is 14.9 Å². The van der Waals surface area contributed by atoms with Crippen molar-refractivity contribution in [3.63, 3.8) is 0 Å². The van der Waals surface area contributed by atoms with E-state index in [4.69, 9.17) is 9.84 Å². The van der Waals surface area contributed by atoms with Crippen molar-refractivity contribution in [3.8, 4) is 0 Å². The summed E-state index contributed by atoms with van der Waals surface area (Å²) in [5.74, 6) is 0.187. The fraction of sp³-hybridized carbons (Fsp3) is 1.00. The van der Waals surface area contributed by atoms with Crippen molar-refractivity contribution in [2.24, 2.45) is 5.92 Å². The zero-order valence-corrected chi connectivity index (χ0v) is 8.16. The van der Waals surface area contributed by atoms with E-state index in [1.165, 1.54) is 0 Å². The van der Waals surface area contributed by atoms with Crippen molar-refractivity contribution in [1.29, 1.82) is 0 Å². The third kappa shape index (κ3) is 4.70. The smallest absolute Gasteiger partial charge is 0.0588 e. The molecule has 0 aromatic heterocycles. The normalized spacial score (nSPS) is 18.8. The summed E-state index contributed by atoms with van der Waals surface area (Å²) in [5.41, 5.74) is 0. The van der Waals surface area contributed by atoms with Crippen LogP contribution in [-0.4, -0.2) is 36.1 Å². The van der Waals surface area contributed by atoms with Gasteiger partial charge in [0.1, 0.15) is 0 Å². The monoisotopic (exact) mass is 176 g/mol. The molecule has 0 aliphatic carbocycles. The van der Waals surface area contributed by atoms with Crippen molar-refractivity contribution in [2.75, 3.05) is 13.7 Å². The molecule has 3 heteroatoms. The van der Waals surface area contributed by atoms with Crippen LogP contribution < -0.4 is 0 Å². The molecule has 0 fully saturated rings. The molecular formula is C9H20O3. The minimum Gasteiger partial charge on any atom is -0.396 e. The van der Waals surface area contributed by atoms with Crippen LogP contribution in [-0.2, 0) is 4.74 Å². The van der Waals surface area contributed by atoms with Crippen LogP contribution in [0, 0.1) is 5.92 Å². The molecule has 1 unspecified atom stereocenters. The molecule has 0 amide bonds. The Kier molecular flexibility index (Phi) is 6.34. The summed E-state index contributed by atoms with van der Waals surface area (Å²) < 4.78 is 5.08. The van der Waals surface area contributed by atoms with Gasteiger partial charge in [-0.3, -0.25) is 0 Å². The number of hydrogen-bond acceptors (Lipinski definition) is 3. The molecule has 0 spiro atoms. The Hall–Kier alpha value is -0.120. The fourth-order valence-electron chi connectivity index (χ4n) is 1.19. The van der Waals surface area contributed by atoms with Crippen LogP contribution in [0.3, 0.4) is 0 Å². The Morgan fingerprint density at radius 3 is 2.33 bits per heavy atom. The molecule has 2 N–H and O–H groups in total. The van der Waals surface area contributed by atoms with Crippen LogP contribution in [0.25, 0.3) is 0 Å². The van der Waals surface area contributed by atoms with Gasteiger partial charge in [0.05, 0.1) is 12.2 Å². The molecule has 0 bridgehead atoms. The summed E-state index contributed by atoms with van der Waals surface area (Å²) >= 11 is 0. The predicted octanol–water partition coefficient (Wildman–Crippen LogP) is 0.791. The minimum absolute atomic E-state index is 0.0485. The molecule has 3 nitrogen and oxygen atoms in total. The van der Waals surface area contributed by atoms with Gasteiger partial charge in [0.15, 0.2) is 0 Å². The van der Waals surface area contributed by atoms with Gasteiger partial charge in [-0.1, -0.05) is 6.92 Å². The molecular weight excluding hydrogens is 156 g/mol. The molecule has 74 valence electrons. The standard InChI is InChI=1S/C9H20O3/c1-7(6-8(2)12-3)9(11)4-5-10/h7-11H,4-6H2,1-3H3/t7?,8-,9-/m1/s1. The minimum atomic E-state index is -0.410. The summed E-state index contributed by atoms with van der Waals surface area (Å²) in [4.78, 5) is 0. The first-order chi connectivity index (χ1) is 5.61. The highest BCUT2D eigenvalue weighted by Crippen LogP contribution is 2.14. The molecule has 0 aliphatic rings. The second-order valence-corrected chi connectivity index (χ2v) is 3.34. The highest BCUT2D eigenvalue weighted by Gasteiger charge is 2.16. The van der Waals surface area contributed by atoms with Gasteiger partial charge in [-0.2, -0.15) is 0 Å². The van der Waals surface area contributed by atoms with Crippen molar-refractivity contribution >= 4 is 0 Å². The van der Waals surface area contributed by atoms with E-state index in [2.05, 4.69) is 0 Å². The lowest BCUT2D eigenvalue weighted by Gasteiger charge is -2.20. The van der Waals surface area contributed by atoms with Crippen molar-refractivity contribution in [2.45, 2.75) is 38.9 Å². The molecule has 0 rings (SSSR count). The van der Waals surface area contributed by atoms with E-state index >= 15 is 0 Å². The van der Waals surface area contributed by atoms with Gasteiger partial charge in [0.25, 0.3) is 0 Å². The second-order valence-electron chi connectivity index (χ2n) is 3.34. The van der Waals surface area contributed by atoms with Crippen LogP contribution in [0.15, 0.2) is 0 Å². The van der Waals surface area contributed by atoms with E-state index in [0.717, 1.165) is 6.42 Å². The maximum atomic E-state index is 9.45. The molecule has 0 aromatic carbocycles. The molecule has 0 radical (unpaired) electrons. The van der Waals surface area contributed by atoms with Crippen LogP contribution in [0.1, 0.15) is 26.7 Å². The fourth-order valence-corrected chi connectivity index (χ4v) is 1.19. The summed E-state index contributed by atoms with van der Waals surface area (Å²) in [6.07, 6.45) is 1.05. The summed E-state index contributed by atoms with van der Waals surface area (Å²) in [7, 11) is 1.66. The highest BCUT2D eigenvalue weighted by atomic mass is 16.5. The van der Waals surface area contributed by atoms with Gasteiger partial charge >= 0.3 is 0 Å². The molecule has 0 aromatic rings. The Morgan fingerprint density at radius 2 is 1.92 bits per heavy atom. The Morgan fingerprint density at radius 1 is 1.33 bits per heavy atom. The Balaban J connectivity index is 3.62. The van der Waals surface area contributed by atoms with Crippen LogP contribution in [0.2, 0.25) is 0 Å². The maximum Gasteiger partial charge on any atom is 0.0588 e. The van der Waals surface area contributed by atoms with E-state index in [1.807, 2.05) is 13.8 Å². The summed E-state index contributed by atoms with van der Waals surface area (Å²) in [5, 5.41) is 18.0. The number of methoxy groups -OCH3 is 1. The topological polar surface area (TPSA) is 49.7 Å². The lowest BCUT2D eigenvalue weighted by atomic mass is 9.96. The largest absolute Gasteiger partial charge is 0.396 e. The summed E-state index contributed by atoms with van der Waals surface area (Å²) in [6.45, 7) is 3.99. The average molecular weight is 176 g/mol. The van der Waals surface area contributed by atoms with E-state index in [9.17, 15) is 5.11 Å². The number of aliphatic hydroxyl groups is 2. The van der Waals surface area contributed by atoms with Crippen molar-refractivity contribution in [1.82, 2.24) is 0 Å². The predicted molar refractivity (Wildman–Crippen MR) is 48.0 cm³/mol. The lowest BCUT2D eigenvalue weighted by Crippen LogP contribution is -2.23. The van der Waals surface area contributed by atoms with E-state index in [-0.39, 0.29) is 18.6 Å². The van der Waals surface area contributed by atoms with Crippen LogP contribution in [0.5, 0.6) is 0 Å². The number of hydrogen-bond donors (Lipinski definition) is 2. The zero-order valence-electron chi connectivity index (χ0n) is 8.16. The average Bonchev–Trinajstić information content (AvgIpc) is 2.04. The highest BCUT2D eigenvalue weighted by molar-refractivity contribution is 4.66.